The number of sulfonamides is 1. The Balaban J connectivity index is 3.23. The fraction of sp³-hybridized carbons (Fsp3) is 0.714. The van der Waals surface area contributed by atoms with Crippen LogP contribution in [-0.2, 0) is 16.6 Å². The van der Waals surface area contributed by atoms with E-state index in [9.17, 15) is 8.42 Å². The molecule has 1 aromatic rings. The second kappa shape index (κ2) is 7.54. The third-order valence-electron chi connectivity index (χ3n) is 3.49. The molecule has 0 fully saturated rings. The van der Waals surface area contributed by atoms with Crippen LogP contribution in [0, 0.1) is 6.92 Å². The van der Waals surface area contributed by atoms with Crippen LogP contribution >= 0.6 is 11.3 Å². The summed E-state index contributed by atoms with van der Waals surface area (Å²) in [4.78, 5) is 1.41. The van der Waals surface area contributed by atoms with Gasteiger partial charge in [-0.2, -0.15) is 4.31 Å². The summed E-state index contributed by atoms with van der Waals surface area (Å²) in [7, 11) is -3.41. The fourth-order valence-corrected chi connectivity index (χ4v) is 5.68. The van der Waals surface area contributed by atoms with E-state index in [1.165, 1.54) is 11.3 Å². The second-order valence-corrected chi connectivity index (χ2v) is 7.71. The number of thiophene rings is 1. The molecule has 1 N–H and O–H groups in total. The Labute approximate surface area is 127 Å². The Morgan fingerprint density at radius 1 is 1.35 bits per heavy atom. The number of hydrogen-bond donors (Lipinski definition) is 1. The van der Waals surface area contributed by atoms with Gasteiger partial charge in [-0.05, 0) is 37.8 Å². The summed E-state index contributed by atoms with van der Waals surface area (Å²) in [5, 5.41) is 5.15. The molecule has 1 aromatic heterocycles. The molecule has 0 aliphatic rings. The normalized spacial score (nSPS) is 13.9. The third-order valence-corrected chi connectivity index (χ3v) is 7.04. The maximum Gasteiger partial charge on any atom is 0.244 e. The molecule has 0 amide bonds. The van der Waals surface area contributed by atoms with Gasteiger partial charge in [-0.1, -0.05) is 20.8 Å². The predicted molar refractivity (Wildman–Crippen MR) is 85.8 cm³/mol. The average molecular weight is 319 g/mol. The van der Waals surface area contributed by atoms with Gasteiger partial charge in [-0.25, -0.2) is 8.42 Å². The number of aryl methyl sites for hydroxylation is 1. The largest absolute Gasteiger partial charge is 0.312 e. The lowest BCUT2D eigenvalue weighted by atomic mass is 10.3. The van der Waals surface area contributed by atoms with Gasteiger partial charge in [0, 0.05) is 24.0 Å². The van der Waals surface area contributed by atoms with Crippen LogP contribution in [0.1, 0.15) is 44.6 Å². The molecule has 6 heteroatoms. The standard InChI is InChI=1S/C14H26N2O2S2/c1-6-12(5)16(8-3)20(17,18)14-11(4)10-19-13(14)9-15-7-2/h10,12,15H,6-9H2,1-5H3. The zero-order valence-electron chi connectivity index (χ0n) is 13.1. The molecule has 0 aliphatic heterocycles. The number of hydrogen-bond acceptors (Lipinski definition) is 4. The van der Waals surface area contributed by atoms with Crippen molar-refractivity contribution in [1.29, 1.82) is 0 Å². The highest BCUT2D eigenvalue weighted by Gasteiger charge is 2.31. The SMILES string of the molecule is CCNCc1scc(C)c1S(=O)(=O)N(CC)C(C)CC. The van der Waals surface area contributed by atoms with Crippen molar-refractivity contribution in [3.63, 3.8) is 0 Å². The first-order valence-electron chi connectivity index (χ1n) is 7.19. The van der Waals surface area contributed by atoms with Crippen LogP contribution < -0.4 is 5.32 Å². The molecule has 0 radical (unpaired) electrons. The van der Waals surface area contributed by atoms with Crippen LogP contribution in [-0.4, -0.2) is 31.9 Å². The van der Waals surface area contributed by atoms with E-state index in [4.69, 9.17) is 0 Å². The van der Waals surface area contributed by atoms with Crippen LogP contribution in [0.5, 0.6) is 0 Å². The van der Waals surface area contributed by atoms with Crippen LogP contribution in [0.2, 0.25) is 0 Å². The lowest BCUT2D eigenvalue weighted by molar-refractivity contribution is 0.342. The molecule has 0 saturated heterocycles. The molecule has 0 aromatic carbocycles. The highest BCUT2D eigenvalue weighted by Crippen LogP contribution is 2.30. The molecule has 1 unspecified atom stereocenters. The molecule has 1 atom stereocenters. The minimum Gasteiger partial charge on any atom is -0.312 e. The Morgan fingerprint density at radius 3 is 2.50 bits per heavy atom. The van der Waals surface area contributed by atoms with Crippen molar-refractivity contribution >= 4 is 21.4 Å². The monoisotopic (exact) mass is 318 g/mol. The summed E-state index contributed by atoms with van der Waals surface area (Å²) in [5.74, 6) is 0. The summed E-state index contributed by atoms with van der Waals surface area (Å²) in [6.07, 6.45) is 0.818. The van der Waals surface area contributed by atoms with E-state index in [1.54, 1.807) is 4.31 Å². The van der Waals surface area contributed by atoms with E-state index in [-0.39, 0.29) is 6.04 Å². The summed E-state index contributed by atoms with van der Waals surface area (Å²) in [6, 6.07) is 0.0243. The first-order chi connectivity index (χ1) is 9.39. The zero-order chi connectivity index (χ0) is 15.3. The smallest absolute Gasteiger partial charge is 0.244 e. The average Bonchev–Trinajstić information content (AvgIpc) is 2.78. The Morgan fingerprint density at radius 2 is 2.00 bits per heavy atom. The highest BCUT2D eigenvalue weighted by atomic mass is 32.2. The Hall–Kier alpha value is -0.430. The maximum absolute atomic E-state index is 12.9. The van der Waals surface area contributed by atoms with Gasteiger partial charge in [0.2, 0.25) is 10.0 Å². The van der Waals surface area contributed by atoms with E-state index >= 15 is 0 Å². The molecule has 4 nitrogen and oxygen atoms in total. The lowest BCUT2D eigenvalue weighted by Crippen LogP contribution is -2.38. The van der Waals surface area contributed by atoms with Crippen molar-refractivity contribution < 1.29 is 8.42 Å². The van der Waals surface area contributed by atoms with E-state index in [2.05, 4.69) is 5.32 Å². The van der Waals surface area contributed by atoms with E-state index in [0.29, 0.717) is 18.0 Å². The van der Waals surface area contributed by atoms with Gasteiger partial charge in [0.25, 0.3) is 0 Å². The van der Waals surface area contributed by atoms with Gasteiger partial charge in [0.1, 0.15) is 4.90 Å². The van der Waals surface area contributed by atoms with Crippen molar-refractivity contribution in [3.8, 4) is 0 Å². The third kappa shape index (κ3) is 3.61. The van der Waals surface area contributed by atoms with Gasteiger partial charge < -0.3 is 5.32 Å². The van der Waals surface area contributed by atoms with Crippen molar-refractivity contribution in [1.82, 2.24) is 9.62 Å². The molecule has 1 heterocycles. The second-order valence-electron chi connectivity index (χ2n) is 4.92. The Kier molecular flexibility index (Phi) is 6.64. The highest BCUT2D eigenvalue weighted by molar-refractivity contribution is 7.89. The van der Waals surface area contributed by atoms with Gasteiger partial charge in [0.15, 0.2) is 0 Å². The molecular formula is C14H26N2O2S2. The molecule has 0 bridgehead atoms. The molecule has 1 rings (SSSR count). The predicted octanol–water partition coefficient (Wildman–Crippen LogP) is 2.98. The topological polar surface area (TPSA) is 49.4 Å². The quantitative estimate of drug-likeness (QED) is 0.801. The van der Waals surface area contributed by atoms with Gasteiger partial charge in [-0.15, -0.1) is 11.3 Å². The molecule has 116 valence electrons. The summed E-state index contributed by atoms with van der Waals surface area (Å²) in [5.41, 5.74) is 0.852. The van der Waals surface area contributed by atoms with E-state index in [0.717, 1.165) is 23.4 Å². The van der Waals surface area contributed by atoms with Gasteiger partial charge in [0.05, 0.1) is 0 Å². The number of nitrogens with one attached hydrogen (secondary N) is 1. The number of nitrogens with zero attached hydrogens (tertiary/aromatic N) is 1. The summed E-state index contributed by atoms with van der Waals surface area (Å²) < 4.78 is 27.5. The van der Waals surface area contributed by atoms with E-state index in [1.807, 2.05) is 40.0 Å². The maximum atomic E-state index is 12.9. The summed E-state index contributed by atoms with van der Waals surface area (Å²) >= 11 is 1.52. The van der Waals surface area contributed by atoms with Gasteiger partial charge in [-0.3, -0.25) is 0 Å². The van der Waals surface area contributed by atoms with Crippen molar-refractivity contribution in [3.05, 3.63) is 15.8 Å². The molecule has 0 aliphatic carbocycles. The molecule has 0 spiro atoms. The van der Waals surface area contributed by atoms with Crippen LogP contribution in [0.3, 0.4) is 0 Å². The molecule has 0 saturated carbocycles. The van der Waals surface area contributed by atoms with Gasteiger partial charge >= 0.3 is 0 Å². The van der Waals surface area contributed by atoms with Crippen LogP contribution in [0.4, 0.5) is 0 Å². The zero-order valence-corrected chi connectivity index (χ0v) is 14.7. The molecular weight excluding hydrogens is 292 g/mol. The first kappa shape index (κ1) is 17.6. The Bertz CT molecular complexity index is 523. The van der Waals surface area contributed by atoms with Crippen molar-refractivity contribution in [2.75, 3.05) is 13.1 Å². The minimum atomic E-state index is -3.41. The number of rotatable bonds is 8. The van der Waals surface area contributed by atoms with Crippen molar-refractivity contribution in [2.45, 2.75) is 58.5 Å². The van der Waals surface area contributed by atoms with Crippen LogP contribution in [0.25, 0.3) is 0 Å². The fourth-order valence-electron chi connectivity index (χ4n) is 2.23. The van der Waals surface area contributed by atoms with Crippen molar-refractivity contribution in [2.24, 2.45) is 0 Å². The summed E-state index contributed by atoms with van der Waals surface area (Å²) in [6.45, 7) is 11.7. The molecule has 20 heavy (non-hydrogen) atoms. The minimum absolute atomic E-state index is 0.0243. The van der Waals surface area contributed by atoms with E-state index < -0.39 is 10.0 Å². The lowest BCUT2D eigenvalue weighted by Gasteiger charge is -2.27. The first-order valence-corrected chi connectivity index (χ1v) is 9.51. The van der Waals surface area contributed by atoms with Crippen LogP contribution in [0.15, 0.2) is 10.3 Å².